The molecule has 104 valence electrons. The van der Waals surface area contributed by atoms with Crippen LogP contribution >= 0.6 is 12.2 Å². The second-order valence-electron chi connectivity index (χ2n) is 4.29. The quantitative estimate of drug-likeness (QED) is 0.818. The number of benzene rings is 2. The van der Waals surface area contributed by atoms with Gasteiger partial charge >= 0.3 is 0 Å². The van der Waals surface area contributed by atoms with Gasteiger partial charge in [0.15, 0.2) is 11.5 Å². The summed E-state index contributed by atoms with van der Waals surface area (Å²) in [5.74, 6) is 2.16. The molecule has 4 heteroatoms. The van der Waals surface area contributed by atoms with E-state index in [9.17, 15) is 0 Å². The Bertz CT molecular complexity index is 581. The van der Waals surface area contributed by atoms with Crippen molar-refractivity contribution in [2.24, 2.45) is 5.73 Å². The van der Waals surface area contributed by atoms with Crippen molar-refractivity contribution in [1.82, 2.24) is 0 Å². The molecule has 0 saturated carbocycles. The van der Waals surface area contributed by atoms with Gasteiger partial charge in [-0.25, -0.2) is 0 Å². The molecule has 20 heavy (non-hydrogen) atoms. The van der Waals surface area contributed by atoms with Gasteiger partial charge in [-0.15, -0.1) is 0 Å². The Morgan fingerprint density at radius 1 is 1.05 bits per heavy atom. The lowest BCUT2D eigenvalue weighted by Crippen LogP contribution is -2.08. The standard InChI is InChI=1S/C16H17NO2S/c1-2-11-18-14-5-3-4-6-15(14)19-13-9-7-12(8-10-13)16(17)20/h3-10H,2,11H2,1H3,(H2,17,20). The molecule has 0 heterocycles. The summed E-state index contributed by atoms with van der Waals surface area (Å²) in [4.78, 5) is 0.378. The minimum Gasteiger partial charge on any atom is -0.490 e. The van der Waals surface area contributed by atoms with Gasteiger partial charge in [0.05, 0.1) is 6.61 Å². The van der Waals surface area contributed by atoms with E-state index in [4.69, 9.17) is 27.4 Å². The smallest absolute Gasteiger partial charge is 0.169 e. The lowest BCUT2D eigenvalue weighted by atomic mass is 10.2. The molecule has 0 bridgehead atoms. The molecule has 0 aromatic heterocycles. The first-order chi connectivity index (χ1) is 9.70. The molecule has 3 nitrogen and oxygen atoms in total. The highest BCUT2D eigenvalue weighted by molar-refractivity contribution is 7.80. The van der Waals surface area contributed by atoms with Crippen LogP contribution in [-0.4, -0.2) is 11.6 Å². The number of nitrogens with two attached hydrogens (primary N) is 1. The Morgan fingerprint density at radius 3 is 2.30 bits per heavy atom. The minimum atomic E-state index is 0.378. The van der Waals surface area contributed by atoms with Gasteiger partial charge in [0.2, 0.25) is 0 Å². The third kappa shape index (κ3) is 3.71. The van der Waals surface area contributed by atoms with E-state index in [1.54, 1.807) is 0 Å². The van der Waals surface area contributed by atoms with E-state index >= 15 is 0 Å². The molecule has 2 N–H and O–H groups in total. The Morgan fingerprint density at radius 2 is 1.70 bits per heavy atom. The van der Waals surface area contributed by atoms with Gasteiger partial charge in [-0.2, -0.15) is 0 Å². The topological polar surface area (TPSA) is 44.5 Å². The van der Waals surface area contributed by atoms with Gasteiger partial charge in [-0.3, -0.25) is 0 Å². The average molecular weight is 287 g/mol. The normalized spacial score (nSPS) is 10.1. The summed E-state index contributed by atoms with van der Waals surface area (Å²) in [5.41, 5.74) is 6.39. The van der Waals surface area contributed by atoms with E-state index in [1.807, 2.05) is 48.5 Å². The third-order valence-electron chi connectivity index (χ3n) is 2.68. The molecule has 0 atom stereocenters. The van der Waals surface area contributed by atoms with Crippen molar-refractivity contribution in [3.63, 3.8) is 0 Å². The number of thiocarbonyl (C=S) groups is 1. The summed E-state index contributed by atoms with van der Waals surface area (Å²) in [6, 6.07) is 15.0. The molecular formula is C16H17NO2S. The molecule has 0 radical (unpaired) electrons. The fraction of sp³-hybridized carbons (Fsp3) is 0.188. The molecule has 0 saturated heterocycles. The van der Waals surface area contributed by atoms with Crippen LogP contribution < -0.4 is 15.2 Å². The van der Waals surface area contributed by atoms with Gasteiger partial charge in [0.1, 0.15) is 10.7 Å². The molecule has 2 rings (SSSR count). The summed E-state index contributed by atoms with van der Waals surface area (Å²) >= 11 is 4.92. The van der Waals surface area contributed by atoms with Gasteiger partial charge in [0, 0.05) is 5.56 Å². The highest BCUT2D eigenvalue weighted by atomic mass is 32.1. The first-order valence-electron chi connectivity index (χ1n) is 6.50. The van der Waals surface area contributed by atoms with Crippen molar-refractivity contribution >= 4 is 17.2 Å². The van der Waals surface area contributed by atoms with Crippen LogP contribution in [-0.2, 0) is 0 Å². The van der Waals surface area contributed by atoms with Crippen molar-refractivity contribution in [1.29, 1.82) is 0 Å². The summed E-state index contributed by atoms with van der Waals surface area (Å²) < 4.78 is 11.5. The molecule has 0 amide bonds. The minimum absolute atomic E-state index is 0.378. The Balaban J connectivity index is 2.14. The molecule has 0 fully saturated rings. The Kier molecular flexibility index (Phi) is 4.96. The fourth-order valence-electron chi connectivity index (χ4n) is 1.68. The van der Waals surface area contributed by atoms with Gasteiger partial charge in [-0.1, -0.05) is 31.3 Å². The summed E-state index contributed by atoms with van der Waals surface area (Å²) in [6.07, 6.45) is 0.955. The summed E-state index contributed by atoms with van der Waals surface area (Å²) in [6.45, 7) is 2.73. The molecule has 0 spiro atoms. The van der Waals surface area contributed by atoms with E-state index < -0.39 is 0 Å². The highest BCUT2D eigenvalue weighted by Crippen LogP contribution is 2.31. The molecule has 2 aromatic carbocycles. The Hall–Kier alpha value is -2.07. The maximum Gasteiger partial charge on any atom is 0.169 e. The maximum atomic E-state index is 5.83. The Labute approximate surface area is 124 Å². The van der Waals surface area contributed by atoms with E-state index in [-0.39, 0.29) is 0 Å². The molecule has 0 aliphatic heterocycles. The molecule has 0 aliphatic carbocycles. The SMILES string of the molecule is CCCOc1ccccc1Oc1ccc(C(N)=S)cc1. The predicted octanol–water partition coefficient (Wildman–Crippen LogP) is 3.90. The van der Waals surface area contributed by atoms with Crippen LogP contribution in [0.4, 0.5) is 0 Å². The zero-order valence-electron chi connectivity index (χ0n) is 11.3. The lowest BCUT2D eigenvalue weighted by Gasteiger charge is -2.12. The molecular weight excluding hydrogens is 270 g/mol. The predicted molar refractivity (Wildman–Crippen MR) is 84.6 cm³/mol. The van der Waals surface area contributed by atoms with E-state index in [0.717, 1.165) is 23.5 Å². The number of hydrogen-bond acceptors (Lipinski definition) is 3. The van der Waals surface area contributed by atoms with Crippen molar-refractivity contribution in [2.45, 2.75) is 13.3 Å². The monoisotopic (exact) mass is 287 g/mol. The zero-order chi connectivity index (χ0) is 14.4. The number of ether oxygens (including phenoxy) is 2. The average Bonchev–Trinajstić information content (AvgIpc) is 2.47. The van der Waals surface area contributed by atoms with Crippen LogP contribution in [0.2, 0.25) is 0 Å². The lowest BCUT2D eigenvalue weighted by molar-refractivity contribution is 0.302. The second-order valence-corrected chi connectivity index (χ2v) is 4.73. The summed E-state index contributed by atoms with van der Waals surface area (Å²) in [7, 11) is 0. The van der Waals surface area contributed by atoms with Crippen molar-refractivity contribution in [2.75, 3.05) is 6.61 Å². The highest BCUT2D eigenvalue weighted by Gasteiger charge is 2.05. The van der Waals surface area contributed by atoms with Crippen LogP contribution in [0.5, 0.6) is 17.2 Å². The largest absolute Gasteiger partial charge is 0.490 e. The van der Waals surface area contributed by atoms with Crippen molar-refractivity contribution in [3.8, 4) is 17.2 Å². The van der Waals surface area contributed by atoms with E-state index in [0.29, 0.717) is 17.3 Å². The van der Waals surface area contributed by atoms with Gasteiger partial charge in [-0.05, 0) is 42.8 Å². The summed E-state index contributed by atoms with van der Waals surface area (Å²) in [5, 5.41) is 0. The number of hydrogen-bond donors (Lipinski definition) is 1. The van der Waals surface area contributed by atoms with Crippen molar-refractivity contribution < 1.29 is 9.47 Å². The van der Waals surface area contributed by atoms with Crippen LogP contribution in [0.3, 0.4) is 0 Å². The first-order valence-corrected chi connectivity index (χ1v) is 6.91. The van der Waals surface area contributed by atoms with Gasteiger partial charge in [0.25, 0.3) is 0 Å². The van der Waals surface area contributed by atoms with E-state index in [1.165, 1.54) is 0 Å². The second kappa shape index (κ2) is 6.91. The van der Waals surface area contributed by atoms with Crippen molar-refractivity contribution in [3.05, 3.63) is 54.1 Å². The molecule has 0 unspecified atom stereocenters. The zero-order valence-corrected chi connectivity index (χ0v) is 12.2. The maximum absolute atomic E-state index is 5.83. The molecule has 2 aromatic rings. The van der Waals surface area contributed by atoms with Crippen LogP contribution in [0.15, 0.2) is 48.5 Å². The van der Waals surface area contributed by atoms with E-state index in [2.05, 4.69) is 6.92 Å². The number of para-hydroxylation sites is 2. The fourth-order valence-corrected chi connectivity index (χ4v) is 1.82. The third-order valence-corrected chi connectivity index (χ3v) is 2.91. The van der Waals surface area contributed by atoms with Crippen LogP contribution in [0, 0.1) is 0 Å². The van der Waals surface area contributed by atoms with Crippen LogP contribution in [0.25, 0.3) is 0 Å². The van der Waals surface area contributed by atoms with Gasteiger partial charge < -0.3 is 15.2 Å². The number of rotatable bonds is 6. The molecule has 0 aliphatic rings. The first kappa shape index (κ1) is 14.3. The van der Waals surface area contributed by atoms with Crippen LogP contribution in [0.1, 0.15) is 18.9 Å².